The molecule has 2 atom stereocenters. The van der Waals surface area contributed by atoms with Crippen molar-refractivity contribution in [2.24, 2.45) is 5.92 Å². The van der Waals surface area contributed by atoms with Gasteiger partial charge in [0.15, 0.2) is 0 Å². The molecule has 3 N–H and O–H groups in total. The third-order valence-corrected chi connectivity index (χ3v) is 2.88. The fourth-order valence-corrected chi connectivity index (χ4v) is 1.95. The Morgan fingerprint density at radius 1 is 1.47 bits per heavy atom. The molecule has 1 fully saturated rings. The van der Waals surface area contributed by atoms with Crippen LogP contribution in [-0.2, 0) is 4.79 Å². The number of hydrogen-bond acceptors (Lipinski definition) is 3. The number of nitrogens with one attached hydrogen (secondary N) is 2. The highest BCUT2D eigenvalue weighted by Crippen LogP contribution is 2.24. The maximum absolute atomic E-state index is 11.2. The zero-order valence-corrected chi connectivity index (χ0v) is 9.46. The summed E-state index contributed by atoms with van der Waals surface area (Å²) < 4.78 is 0. The van der Waals surface area contributed by atoms with Crippen LogP contribution in [0.3, 0.4) is 0 Å². The summed E-state index contributed by atoms with van der Waals surface area (Å²) in [7, 11) is 0. The van der Waals surface area contributed by atoms with E-state index in [0.29, 0.717) is 12.5 Å². The lowest BCUT2D eigenvalue weighted by Gasteiger charge is -2.14. The molecule has 2 unspecified atom stereocenters. The zero-order chi connectivity index (χ0) is 11.1. The van der Waals surface area contributed by atoms with Crippen LogP contribution in [0.1, 0.15) is 32.6 Å². The van der Waals surface area contributed by atoms with Crippen LogP contribution in [0.25, 0.3) is 0 Å². The molecule has 0 aromatic heterocycles. The Labute approximate surface area is 91.4 Å². The van der Waals surface area contributed by atoms with Crippen LogP contribution in [0.5, 0.6) is 0 Å². The van der Waals surface area contributed by atoms with E-state index >= 15 is 0 Å². The monoisotopic (exact) mass is 214 g/mol. The van der Waals surface area contributed by atoms with E-state index in [-0.39, 0.29) is 12.0 Å². The molecule has 4 heteroatoms. The third-order valence-electron chi connectivity index (χ3n) is 2.88. The summed E-state index contributed by atoms with van der Waals surface area (Å²) in [5.74, 6) is 0.383. The number of carbonyl (C=O) groups excluding carboxylic acids is 1. The van der Waals surface area contributed by atoms with E-state index in [1.165, 1.54) is 0 Å². The number of carbonyl (C=O) groups is 1. The summed E-state index contributed by atoms with van der Waals surface area (Å²) in [5.41, 5.74) is 0. The molecule has 0 aliphatic heterocycles. The highest BCUT2D eigenvalue weighted by Gasteiger charge is 2.24. The average Bonchev–Trinajstić information content (AvgIpc) is 2.61. The number of aliphatic hydroxyl groups excluding tert-OH is 1. The van der Waals surface area contributed by atoms with Gasteiger partial charge in [-0.25, -0.2) is 0 Å². The summed E-state index contributed by atoms with van der Waals surface area (Å²) in [4.78, 5) is 11.2. The molecular formula is C11H22N2O2. The smallest absolute Gasteiger partial charge is 0.233 e. The van der Waals surface area contributed by atoms with Crippen molar-refractivity contribution in [3.8, 4) is 0 Å². The van der Waals surface area contributed by atoms with Gasteiger partial charge in [-0.3, -0.25) is 4.79 Å². The van der Waals surface area contributed by atoms with Crippen LogP contribution in [0.4, 0.5) is 0 Å². The first-order valence-corrected chi connectivity index (χ1v) is 5.89. The van der Waals surface area contributed by atoms with Crippen molar-refractivity contribution in [3.05, 3.63) is 0 Å². The maximum Gasteiger partial charge on any atom is 0.233 e. The van der Waals surface area contributed by atoms with Gasteiger partial charge in [-0.15, -0.1) is 0 Å². The van der Waals surface area contributed by atoms with Crippen molar-refractivity contribution in [3.63, 3.8) is 0 Å². The van der Waals surface area contributed by atoms with Gasteiger partial charge < -0.3 is 15.7 Å². The molecule has 0 radical (unpaired) electrons. The Morgan fingerprint density at radius 3 is 2.87 bits per heavy atom. The molecular weight excluding hydrogens is 192 g/mol. The van der Waals surface area contributed by atoms with Gasteiger partial charge in [-0.1, -0.05) is 13.3 Å². The average molecular weight is 214 g/mol. The number of rotatable bonds is 6. The Morgan fingerprint density at radius 2 is 2.27 bits per heavy atom. The second-order valence-corrected chi connectivity index (χ2v) is 4.24. The molecule has 0 aromatic rings. The zero-order valence-electron chi connectivity index (χ0n) is 9.46. The van der Waals surface area contributed by atoms with Crippen molar-refractivity contribution in [1.82, 2.24) is 10.6 Å². The van der Waals surface area contributed by atoms with Crippen LogP contribution in [-0.4, -0.2) is 36.8 Å². The molecule has 0 aromatic carbocycles. The third kappa shape index (κ3) is 4.62. The van der Waals surface area contributed by atoms with Gasteiger partial charge in [-0.05, 0) is 25.2 Å². The predicted molar refractivity (Wildman–Crippen MR) is 59.5 cm³/mol. The molecule has 0 saturated heterocycles. The molecule has 15 heavy (non-hydrogen) atoms. The van der Waals surface area contributed by atoms with E-state index < -0.39 is 0 Å². The van der Waals surface area contributed by atoms with Gasteiger partial charge in [-0.2, -0.15) is 0 Å². The molecule has 1 saturated carbocycles. The lowest BCUT2D eigenvalue weighted by Crippen LogP contribution is -2.37. The first kappa shape index (κ1) is 12.5. The first-order chi connectivity index (χ1) is 7.24. The number of aliphatic hydroxyl groups is 1. The lowest BCUT2D eigenvalue weighted by molar-refractivity contribution is -0.120. The predicted octanol–water partition coefficient (Wildman–Crippen LogP) is 0.263. The Hall–Kier alpha value is -0.610. The molecule has 88 valence electrons. The van der Waals surface area contributed by atoms with Crippen LogP contribution in [0.15, 0.2) is 0 Å². The van der Waals surface area contributed by atoms with Crippen LogP contribution in [0, 0.1) is 5.92 Å². The minimum absolute atomic E-state index is 0.0457. The van der Waals surface area contributed by atoms with Gasteiger partial charge >= 0.3 is 0 Å². The molecule has 0 spiro atoms. The Kier molecular flexibility index (Phi) is 5.65. The Balaban J connectivity index is 2.02. The topological polar surface area (TPSA) is 61.4 Å². The SMILES string of the molecule is CCCNC(=O)CNCC1CCCC1O. The fraction of sp³-hybridized carbons (Fsp3) is 0.909. The van der Waals surface area contributed by atoms with Crippen LogP contribution in [0.2, 0.25) is 0 Å². The summed E-state index contributed by atoms with van der Waals surface area (Å²) in [6.07, 6.45) is 3.89. The van der Waals surface area contributed by atoms with E-state index in [1.807, 2.05) is 6.92 Å². The second kappa shape index (κ2) is 6.80. The van der Waals surface area contributed by atoms with E-state index in [9.17, 15) is 9.90 Å². The summed E-state index contributed by atoms with van der Waals surface area (Å²) in [6, 6.07) is 0. The highest BCUT2D eigenvalue weighted by atomic mass is 16.3. The molecule has 1 aliphatic carbocycles. The minimum atomic E-state index is -0.170. The highest BCUT2D eigenvalue weighted by molar-refractivity contribution is 5.77. The van der Waals surface area contributed by atoms with E-state index in [2.05, 4.69) is 10.6 Å². The standard InChI is InChI=1S/C11H22N2O2/c1-2-6-13-11(15)8-12-7-9-4-3-5-10(9)14/h9-10,12,14H,2-8H2,1H3,(H,13,15). The summed E-state index contributed by atoms with van der Waals surface area (Å²) >= 11 is 0. The van der Waals surface area contributed by atoms with Gasteiger partial charge in [0.25, 0.3) is 0 Å². The van der Waals surface area contributed by atoms with Crippen molar-refractivity contribution in [2.45, 2.75) is 38.7 Å². The van der Waals surface area contributed by atoms with Gasteiger partial charge in [0.2, 0.25) is 5.91 Å². The quantitative estimate of drug-likeness (QED) is 0.594. The molecule has 4 nitrogen and oxygen atoms in total. The normalized spacial score (nSPS) is 25.5. The van der Waals surface area contributed by atoms with Crippen molar-refractivity contribution >= 4 is 5.91 Å². The molecule has 0 heterocycles. The molecule has 1 aliphatic rings. The largest absolute Gasteiger partial charge is 0.393 e. The van der Waals surface area contributed by atoms with Crippen molar-refractivity contribution < 1.29 is 9.90 Å². The van der Waals surface area contributed by atoms with E-state index in [0.717, 1.165) is 38.8 Å². The van der Waals surface area contributed by atoms with Gasteiger partial charge in [0.1, 0.15) is 0 Å². The van der Waals surface area contributed by atoms with Crippen LogP contribution < -0.4 is 10.6 Å². The first-order valence-electron chi connectivity index (χ1n) is 5.89. The summed E-state index contributed by atoms with van der Waals surface area (Å²) in [6.45, 7) is 3.89. The second-order valence-electron chi connectivity index (χ2n) is 4.24. The van der Waals surface area contributed by atoms with Gasteiger partial charge in [0, 0.05) is 13.1 Å². The number of hydrogen-bond donors (Lipinski definition) is 3. The molecule has 1 rings (SSSR count). The molecule has 1 amide bonds. The summed E-state index contributed by atoms with van der Waals surface area (Å²) in [5, 5.41) is 15.5. The van der Waals surface area contributed by atoms with Crippen molar-refractivity contribution in [2.75, 3.05) is 19.6 Å². The van der Waals surface area contributed by atoms with E-state index in [4.69, 9.17) is 0 Å². The van der Waals surface area contributed by atoms with E-state index in [1.54, 1.807) is 0 Å². The van der Waals surface area contributed by atoms with Gasteiger partial charge in [0.05, 0.1) is 12.6 Å². The Bertz CT molecular complexity index is 197. The van der Waals surface area contributed by atoms with Crippen LogP contribution >= 0.6 is 0 Å². The molecule has 0 bridgehead atoms. The number of amides is 1. The minimum Gasteiger partial charge on any atom is -0.393 e. The lowest BCUT2D eigenvalue weighted by atomic mass is 10.1. The maximum atomic E-state index is 11.2. The van der Waals surface area contributed by atoms with Crippen molar-refractivity contribution in [1.29, 1.82) is 0 Å². The fourth-order valence-electron chi connectivity index (χ4n) is 1.95.